The second-order valence-electron chi connectivity index (χ2n) is 7.92. The summed E-state index contributed by atoms with van der Waals surface area (Å²) in [6.45, 7) is 16.4. The van der Waals surface area contributed by atoms with Gasteiger partial charge in [0.05, 0.1) is 0 Å². The molecule has 0 saturated carbocycles. The number of nitrogens with two attached hydrogens (primary N) is 1. The Balaban J connectivity index is 5.24. The molecular weight excluding hydrogens is 249 g/mol. The van der Waals surface area contributed by atoms with Crippen LogP contribution < -0.4 is 5.73 Å². The molecule has 0 aliphatic heterocycles. The first-order valence-corrected chi connectivity index (χ1v) is 8.67. The topological polar surface area (TPSA) is 26.0 Å². The lowest BCUT2D eigenvalue weighted by atomic mass is 9.63. The Kier molecular flexibility index (Phi) is 8.15. The third-order valence-corrected chi connectivity index (χ3v) is 4.58. The fourth-order valence-corrected chi connectivity index (χ4v) is 4.67. The van der Waals surface area contributed by atoms with E-state index in [2.05, 4.69) is 57.7 Å². The minimum absolute atomic E-state index is 0.238. The SMILES string of the molecule is CCCCC(C(N)CCC)C(C(C)(C)C)C(C)(C)P. The average molecular weight is 287 g/mol. The molecule has 0 aromatic rings. The van der Waals surface area contributed by atoms with Gasteiger partial charge < -0.3 is 5.73 Å². The number of hydrogen-bond donors (Lipinski definition) is 1. The summed E-state index contributed by atoms with van der Waals surface area (Å²) < 4.78 is 0. The van der Waals surface area contributed by atoms with Crippen molar-refractivity contribution in [2.45, 2.75) is 91.8 Å². The van der Waals surface area contributed by atoms with Gasteiger partial charge in [-0.3, -0.25) is 0 Å². The van der Waals surface area contributed by atoms with Crippen LogP contribution in [0, 0.1) is 17.3 Å². The zero-order valence-electron chi connectivity index (χ0n) is 14.4. The third kappa shape index (κ3) is 6.58. The molecule has 0 spiro atoms. The Morgan fingerprint density at radius 1 is 0.947 bits per heavy atom. The maximum absolute atomic E-state index is 6.55. The minimum Gasteiger partial charge on any atom is -0.327 e. The average Bonchev–Trinajstić information content (AvgIpc) is 2.20. The van der Waals surface area contributed by atoms with Gasteiger partial charge >= 0.3 is 0 Å². The van der Waals surface area contributed by atoms with Crippen LogP contribution in [0.25, 0.3) is 0 Å². The Hall–Kier alpha value is 0.390. The van der Waals surface area contributed by atoms with E-state index < -0.39 is 0 Å². The molecule has 0 bridgehead atoms. The van der Waals surface area contributed by atoms with Crippen molar-refractivity contribution in [3.05, 3.63) is 0 Å². The monoisotopic (exact) mass is 287 g/mol. The molecular formula is C17H38NP. The molecule has 0 aliphatic carbocycles. The van der Waals surface area contributed by atoms with Gasteiger partial charge in [-0.1, -0.05) is 67.7 Å². The second-order valence-corrected chi connectivity index (χ2v) is 9.41. The van der Waals surface area contributed by atoms with Gasteiger partial charge in [-0.15, -0.1) is 9.24 Å². The first-order chi connectivity index (χ1) is 8.55. The summed E-state index contributed by atoms with van der Waals surface area (Å²) in [4.78, 5) is 0. The molecule has 116 valence electrons. The largest absolute Gasteiger partial charge is 0.327 e. The number of hydrogen-bond acceptors (Lipinski definition) is 1. The van der Waals surface area contributed by atoms with E-state index in [-0.39, 0.29) is 5.16 Å². The van der Waals surface area contributed by atoms with Crippen LogP contribution >= 0.6 is 9.24 Å². The Labute approximate surface area is 124 Å². The number of rotatable bonds is 8. The maximum atomic E-state index is 6.55. The molecule has 0 aromatic heterocycles. The van der Waals surface area contributed by atoms with E-state index in [4.69, 9.17) is 5.73 Å². The van der Waals surface area contributed by atoms with Crippen LogP contribution in [0.1, 0.15) is 80.6 Å². The fraction of sp³-hybridized carbons (Fsp3) is 1.00. The highest BCUT2D eigenvalue weighted by Crippen LogP contribution is 2.47. The highest BCUT2D eigenvalue weighted by Gasteiger charge is 2.42. The molecule has 4 atom stereocenters. The predicted molar refractivity (Wildman–Crippen MR) is 92.6 cm³/mol. The van der Waals surface area contributed by atoms with Crippen LogP contribution in [0.15, 0.2) is 0 Å². The summed E-state index contributed by atoms with van der Waals surface area (Å²) >= 11 is 0. The third-order valence-electron chi connectivity index (χ3n) is 4.23. The quantitative estimate of drug-likeness (QED) is 0.607. The molecule has 4 unspecified atom stereocenters. The minimum atomic E-state index is 0.238. The molecule has 0 aliphatic rings. The van der Waals surface area contributed by atoms with Gasteiger partial charge in [0.15, 0.2) is 0 Å². The Morgan fingerprint density at radius 3 is 1.79 bits per heavy atom. The van der Waals surface area contributed by atoms with Crippen molar-refractivity contribution in [3.8, 4) is 0 Å². The molecule has 2 N–H and O–H groups in total. The standard InChI is InChI=1S/C17H38NP/c1-8-10-12-13(14(18)11-9-2)15(16(3,4)5)17(6,7)19/h13-15H,8-12,18-19H2,1-7H3. The summed E-state index contributed by atoms with van der Waals surface area (Å²) in [5.41, 5.74) is 6.85. The van der Waals surface area contributed by atoms with Crippen LogP contribution in [-0.4, -0.2) is 11.2 Å². The first-order valence-electron chi connectivity index (χ1n) is 8.10. The molecule has 0 amide bonds. The molecule has 1 nitrogen and oxygen atoms in total. The molecule has 0 saturated heterocycles. The van der Waals surface area contributed by atoms with E-state index in [1.807, 2.05) is 0 Å². The van der Waals surface area contributed by atoms with Crippen molar-refractivity contribution < 1.29 is 0 Å². The summed E-state index contributed by atoms with van der Waals surface area (Å²) in [5, 5.41) is 0.238. The first kappa shape index (κ1) is 19.4. The molecule has 0 heterocycles. The molecule has 0 aromatic carbocycles. The van der Waals surface area contributed by atoms with E-state index >= 15 is 0 Å². The van der Waals surface area contributed by atoms with Gasteiger partial charge in [0.25, 0.3) is 0 Å². The normalized spacial score (nSPS) is 18.2. The summed E-state index contributed by atoms with van der Waals surface area (Å²) in [5.74, 6) is 1.27. The molecule has 0 rings (SSSR count). The van der Waals surface area contributed by atoms with Crippen molar-refractivity contribution in [2.75, 3.05) is 0 Å². The van der Waals surface area contributed by atoms with Gasteiger partial charge in [-0.05, 0) is 35.2 Å². The van der Waals surface area contributed by atoms with Crippen molar-refractivity contribution >= 4 is 9.24 Å². The summed E-state index contributed by atoms with van der Waals surface area (Å²) in [6, 6.07) is 0.348. The Morgan fingerprint density at radius 2 is 1.47 bits per heavy atom. The summed E-state index contributed by atoms with van der Waals surface area (Å²) in [7, 11) is 3.08. The highest BCUT2D eigenvalue weighted by atomic mass is 31.0. The molecule has 0 radical (unpaired) electrons. The zero-order chi connectivity index (χ0) is 15.3. The van der Waals surface area contributed by atoms with E-state index in [0.29, 0.717) is 23.3 Å². The van der Waals surface area contributed by atoms with Crippen LogP contribution in [0.4, 0.5) is 0 Å². The van der Waals surface area contributed by atoms with Crippen molar-refractivity contribution in [2.24, 2.45) is 23.0 Å². The lowest BCUT2D eigenvalue weighted by Crippen LogP contribution is -2.47. The fourth-order valence-electron chi connectivity index (χ4n) is 3.93. The maximum Gasteiger partial charge on any atom is 0.00702 e. The zero-order valence-corrected chi connectivity index (χ0v) is 15.6. The van der Waals surface area contributed by atoms with Crippen molar-refractivity contribution in [1.29, 1.82) is 0 Å². The Bertz CT molecular complexity index is 223. The van der Waals surface area contributed by atoms with Crippen LogP contribution in [0.2, 0.25) is 0 Å². The second kappa shape index (κ2) is 7.99. The van der Waals surface area contributed by atoms with Gasteiger partial charge in [0.2, 0.25) is 0 Å². The van der Waals surface area contributed by atoms with E-state index in [9.17, 15) is 0 Å². The van der Waals surface area contributed by atoms with E-state index in [0.717, 1.165) is 6.42 Å². The molecule has 2 heteroatoms. The lowest BCUT2D eigenvalue weighted by molar-refractivity contribution is 0.0934. The summed E-state index contributed by atoms with van der Waals surface area (Å²) in [6.07, 6.45) is 6.19. The van der Waals surface area contributed by atoms with Crippen molar-refractivity contribution in [1.82, 2.24) is 0 Å². The van der Waals surface area contributed by atoms with Crippen LogP contribution in [-0.2, 0) is 0 Å². The van der Waals surface area contributed by atoms with Gasteiger partial charge in [-0.25, -0.2) is 0 Å². The molecule has 0 fully saturated rings. The van der Waals surface area contributed by atoms with Gasteiger partial charge in [0, 0.05) is 6.04 Å². The van der Waals surface area contributed by atoms with E-state index in [1.165, 1.54) is 25.7 Å². The smallest absolute Gasteiger partial charge is 0.00702 e. The molecule has 19 heavy (non-hydrogen) atoms. The van der Waals surface area contributed by atoms with Crippen LogP contribution in [0.3, 0.4) is 0 Å². The van der Waals surface area contributed by atoms with Gasteiger partial charge in [0.1, 0.15) is 0 Å². The number of unbranched alkanes of at least 4 members (excludes halogenated alkanes) is 1. The predicted octanol–water partition coefficient (Wildman–Crippen LogP) is 5.24. The van der Waals surface area contributed by atoms with E-state index in [1.54, 1.807) is 0 Å². The highest BCUT2D eigenvalue weighted by molar-refractivity contribution is 7.18. The van der Waals surface area contributed by atoms with Crippen LogP contribution in [0.5, 0.6) is 0 Å². The van der Waals surface area contributed by atoms with Crippen molar-refractivity contribution in [3.63, 3.8) is 0 Å². The van der Waals surface area contributed by atoms with Gasteiger partial charge in [-0.2, -0.15) is 0 Å². The lowest BCUT2D eigenvalue weighted by Gasteiger charge is -2.47.